The molecule has 0 radical (unpaired) electrons. The SMILES string of the molecule is O=C1C(c2cccs2)=C(N2CCN(c3ccccc3)CC2)C(=O)N1Cc1ccccc1F. The smallest absolute Gasteiger partial charge is 0.278 e. The molecule has 7 heteroatoms. The molecule has 3 aromatic rings. The molecule has 0 spiro atoms. The second-order valence-corrected chi connectivity index (χ2v) is 8.75. The molecule has 2 aliphatic heterocycles. The van der Waals surface area contributed by atoms with E-state index in [9.17, 15) is 14.0 Å². The lowest BCUT2D eigenvalue weighted by atomic mass is 10.1. The molecule has 0 aliphatic carbocycles. The van der Waals surface area contributed by atoms with E-state index < -0.39 is 5.82 Å². The molecule has 162 valence electrons. The van der Waals surface area contributed by atoms with E-state index in [1.807, 2.05) is 40.6 Å². The van der Waals surface area contributed by atoms with Crippen LogP contribution in [-0.2, 0) is 16.1 Å². The largest absolute Gasteiger partial charge is 0.368 e. The summed E-state index contributed by atoms with van der Waals surface area (Å²) in [5.41, 5.74) is 2.33. The normalized spacial score (nSPS) is 17.0. The molecule has 2 amide bonds. The summed E-state index contributed by atoms with van der Waals surface area (Å²) in [6.07, 6.45) is 0. The predicted octanol–water partition coefficient (Wildman–Crippen LogP) is 3.99. The molecule has 2 aromatic carbocycles. The van der Waals surface area contributed by atoms with E-state index in [1.165, 1.54) is 22.3 Å². The van der Waals surface area contributed by atoms with Gasteiger partial charge in [-0.2, -0.15) is 0 Å². The topological polar surface area (TPSA) is 43.9 Å². The first-order valence-electron chi connectivity index (χ1n) is 10.6. The van der Waals surface area contributed by atoms with Crippen molar-refractivity contribution in [2.45, 2.75) is 6.54 Å². The van der Waals surface area contributed by atoms with Gasteiger partial charge in [-0.15, -0.1) is 11.3 Å². The van der Waals surface area contributed by atoms with Crippen molar-refractivity contribution >= 4 is 34.4 Å². The van der Waals surface area contributed by atoms with Crippen molar-refractivity contribution < 1.29 is 14.0 Å². The van der Waals surface area contributed by atoms with Crippen molar-refractivity contribution in [2.24, 2.45) is 0 Å². The minimum atomic E-state index is -0.421. The van der Waals surface area contributed by atoms with Gasteiger partial charge in [0.25, 0.3) is 11.8 Å². The molecule has 0 bridgehead atoms. The minimum Gasteiger partial charge on any atom is -0.368 e. The maximum Gasteiger partial charge on any atom is 0.278 e. The van der Waals surface area contributed by atoms with E-state index >= 15 is 0 Å². The van der Waals surface area contributed by atoms with Crippen LogP contribution in [0.4, 0.5) is 10.1 Å². The number of rotatable bonds is 5. The van der Waals surface area contributed by atoms with Crippen LogP contribution in [0, 0.1) is 5.82 Å². The van der Waals surface area contributed by atoms with Crippen LogP contribution >= 0.6 is 11.3 Å². The van der Waals surface area contributed by atoms with Gasteiger partial charge in [0.1, 0.15) is 11.5 Å². The molecule has 1 aromatic heterocycles. The zero-order chi connectivity index (χ0) is 22.1. The zero-order valence-electron chi connectivity index (χ0n) is 17.4. The van der Waals surface area contributed by atoms with Gasteiger partial charge >= 0.3 is 0 Å². The van der Waals surface area contributed by atoms with E-state index in [-0.39, 0.29) is 18.4 Å². The molecule has 5 rings (SSSR count). The fraction of sp³-hybridized carbons (Fsp3) is 0.200. The highest BCUT2D eigenvalue weighted by molar-refractivity contribution is 7.11. The Morgan fingerprint density at radius 3 is 2.16 bits per heavy atom. The number of hydrogen-bond acceptors (Lipinski definition) is 5. The third-order valence-electron chi connectivity index (χ3n) is 5.91. The number of nitrogens with zero attached hydrogens (tertiary/aromatic N) is 3. The summed E-state index contributed by atoms with van der Waals surface area (Å²) in [7, 11) is 0. The minimum absolute atomic E-state index is 0.0767. The molecule has 0 N–H and O–H groups in total. The fourth-order valence-electron chi connectivity index (χ4n) is 4.27. The Hall–Kier alpha value is -3.45. The van der Waals surface area contributed by atoms with Gasteiger partial charge in [0.15, 0.2) is 0 Å². The number of carbonyl (C=O) groups is 2. The van der Waals surface area contributed by atoms with Gasteiger partial charge in [-0.1, -0.05) is 42.5 Å². The van der Waals surface area contributed by atoms with Gasteiger partial charge in [0, 0.05) is 42.3 Å². The molecule has 5 nitrogen and oxygen atoms in total. The van der Waals surface area contributed by atoms with Crippen LogP contribution in [0.25, 0.3) is 5.57 Å². The molecule has 1 saturated heterocycles. The van der Waals surface area contributed by atoms with Gasteiger partial charge in [-0.25, -0.2) is 4.39 Å². The average Bonchev–Trinajstić information content (AvgIpc) is 3.43. The lowest BCUT2D eigenvalue weighted by molar-refractivity contribution is -0.138. The molecule has 0 unspecified atom stereocenters. The standard InChI is InChI=1S/C25H22FN3O2S/c26-20-10-5-4-7-18(20)17-29-24(30)22(21-11-6-16-32-21)23(25(29)31)28-14-12-27(13-15-28)19-8-2-1-3-9-19/h1-11,16H,12-15,17H2. The van der Waals surface area contributed by atoms with Crippen LogP contribution < -0.4 is 4.90 Å². The summed E-state index contributed by atoms with van der Waals surface area (Å²) >= 11 is 1.43. The monoisotopic (exact) mass is 447 g/mol. The Morgan fingerprint density at radius 2 is 1.47 bits per heavy atom. The van der Waals surface area contributed by atoms with Crippen molar-refractivity contribution in [3.8, 4) is 0 Å². The number of amides is 2. The molecule has 3 heterocycles. The number of thiophene rings is 1. The van der Waals surface area contributed by atoms with Crippen LogP contribution in [0.15, 0.2) is 77.8 Å². The molecule has 0 saturated carbocycles. The summed E-state index contributed by atoms with van der Waals surface area (Å²) in [6, 6.07) is 20.2. The van der Waals surface area contributed by atoms with Gasteiger partial charge in [0.2, 0.25) is 0 Å². The highest BCUT2D eigenvalue weighted by Gasteiger charge is 2.42. The number of benzene rings is 2. The van der Waals surface area contributed by atoms with Gasteiger partial charge in [-0.05, 0) is 29.6 Å². The maximum absolute atomic E-state index is 14.2. The van der Waals surface area contributed by atoms with E-state index in [0.717, 1.165) is 23.7 Å². The highest BCUT2D eigenvalue weighted by Crippen LogP contribution is 2.35. The number of hydrogen-bond donors (Lipinski definition) is 0. The Labute approximate surface area is 190 Å². The molecule has 1 fully saturated rings. The van der Waals surface area contributed by atoms with Gasteiger partial charge in [0.05, 0.1) is 12.1 Å². The Bertz CT molecular complexity index is 1170. The predicted molar refractivity (Wildman–Crippen MR) is 123 cm³/mol. The first-order valence-corrected chi connectivity index (χ1v) is 11.4. The second kappa shape index (κ2) is 8.59. The Balaban J connectivity index is 1.43. The van der Waals surface area contributed by atoms with E-state index in [2.05, 4.69) is 17.0 Å². The summed E-state index contributed by atoms with van der Waals surface area (Å²) < 4.78 is 14.2. The van der Waals surface area contributed by atoms with E-state index in [0.29, 0.717) is 29.9 Å². The first-order chi connectivity index (χ1) is 15.6. The number of para-hydroxylation sites is 1. The number of carbonyl (C=O) groups excluding carboxylic acids is 2. The third kappa shape index (κ3) is 3.69. The highest BCUT2D eigenvalue weighted by atomic mass is 32.1. The quantitative estimate of drug-likeness (QED) is 0.555. The zero-order valence-corrected chi connectivity index (χ0v) is 18.2. The average molecular weight is 448 g/mol. The number of piperazine rings is 1. The first kappa shape index (κ1) is 20.5. The lowest BCUT2D eigenvalue weighted by Crippen LogP contribution is -2.47. The Kier molecular flexibility index (Phi) is 5.49. The van der Waals surface area contributed by atoms with Crippen molar-refractivity contribution in [3.05, 3.63) is 94.1 Å². The van der Waals surface area contributed by atoms with Crippen molar-refractivity contribution in [1.29, 1.82) is 0 Å². The third-order valence-corrected chi connectivity index (χ3v) is 6.80. The molecule has 2 aliphatic rings. The van der Waals surface area contributed by atoms with Crippen LogP contribution in [0.2, 0.25) is 0 Å². The van der Waals surface area contributed by atoms with E-state index in [1.54, 1.807) is 18.2 Å². The maximum atomic E-state index is 14.2. The molecule has 0 atom stereocenters. The van der Waals surface area contributed by atoms with E-state index in [4.69, 9.17) is 0 Å². The van der Waals surface area contributed by atoms with Crippen LogP contribution in [0.5, 0.6) is 0 Å². The molecule has 32 heavy (non-hydrogen) atoms. The Morgan fingerprint density at radius 1 is 0.781 bits per heavy atom. The number of halogens is 1. The second-order valence-electron chi connectivity index (χ2n) is 7.80. The van der Waals surface area contributed by atoms with Crippen LogP contribution in [0.3, 0.4) is 0 Å². The number of imide groups is 1. The van der Waals surface area contributed by atoms with Crippen molar-refractivity contribution in [1.82, 2.24) is 9.80 Å². The van der Waals surface area contributed by atoms with Crippen LogP contribution in [-0.4, -0.2) is 47.8 Å². The van der Waals surface area contributed by atoms with Gasteiger partial charge < -0.3 is 9.80 Å². The van der Waals surface area contributed by atoms with Gasteiger partial charge in [-0.3, -0.25) is 14.5 Å². The van der Waals surface area contributed by atoms with Crippen molar-refractivity contribution in [2.75, 3.05) is 31.1 Å². The molecular formula is C25H22FN3O2S. The molecular weight excluding hydrogens is 425 g/mol. The fourth-order valence-corrected chi connectivity index (χ4v) is 5.03. The summed E-state index contributed by atoms with van der Waals surface area (Å²) in [5.74, 6) is -1.13. The number of anilines is 1. The summed E-state index contributed by atoms with van der Waals surface area (Å²) in [4.78, 5) is 33.1. The summed E-state index contributed by atoms with van der Waals surface area (Å²) in [5, 5.41) is 1.89. The van der Waals surface area contributed by atoms with Crippen LogP contribution in [0.1, 0.15) is 10.4 Å². The lowest BCUT2D eigenvalue weighted by Gasteiger charge is -2.37. The summed E-state index contributed by atoms with van der Waals surface area (Å²) in [6.45, 7) is 2.68. The van der Waals surface area contributed by atoms with Crippen molar-refractivity contribution in [3.63, 3.8) is 0 Å².